The zero-order valence-corrected chi connectivity index (χ0v) is 13.0. The molecule has 5 nitrogen and oxygen atoms in total. The van der Waals surface area contributed by atoms with Gasteiger partial charge in [-0.25, -0.2) is 4.98 Å². The molecule has 3 aromatic rings. The van der Waals surface area contributed by atoms with Crippen LogP contribution in [-0.4, -0.2) is 19.7 Å². The van der Waals surface area contributed by atoms with Gasteiger partial charge >= 0.3 is 0 Å². The Hall–Kier alpha value is -2.40. The van der Waals surface area contributed by atoms with E-state index in [9.17, 15) is 0 Å². The summed E-state index contributed by atoms with van der Waals surface area (Å²) in [4.78, 5) is 7.99. The summed E-state index contributed by atoms with van der Waals surface area (Å²) >= 11 is 0. The third-order valence-corrected chi connectivity index (χ3v) is 3.78. The van der Waals surface area contributed by atoms with Crippen molar-refractivity contribution in [1.82, 2.24) is 25.1 Å². The molecule has 0 unspecified atom stereocenters. The van der Waals surface area contributed by atoms with Crippen LogP contribution < -0.4 is 5.32 Å². The van der Waals surface area contributed by atoms with Gasteiger partial charge in [0.05, 0.1) is 29.3 Å². The molecule has 0 fully saturated rings. The molecule has 0 aliphatic heterocycles. The first kappa shape index (κ1) is 14.5. The van der Waals surface area contributed by atoms with Gasteiger partial charge in [-0.2, -0.15) is 5.10 Å². The molecule has 0 aliphatic carbocycles. The number of benzene rings is 1. The van der Waals surface area contributed by atoms with Crippen molar-refractivity contribution < 1.29 is 0 Å². The second kappa shape index (κ2) is 6.15. The molecule has 0 amide bonds. The van der Waals surface area contributed by atoms with Crippen LogP contribution in [0.4, 0.5) is 0 Å². The lowest BCUT2D eigenvalue weighted by Gasteiger charge is -2.10. The molecule has 2 heterocycles. The molecule has 5 heteroatoms. The summed E-state index contributed by atoms with van der Waals surface area (Å²) in [6.07, 6.45) is 3.91. The second-order valence-electron chi connectivity index (χ2n) is 5.49. The first-order chi connectivity index (χ1) is 10.7. The van der Waals surface area contributed by atoms with Crippen LogP contribution >= 0.6 is 0 Å². The van der Waals surface area contributed by atoms with Gasteiger partial charge in [-0.3, -0.25) is 4.68 Å². The molecule has 0 bridgehead atoms. The van der Waals surface area contributed by atoms with E-state index in [1.807, 2.05) is 41.9 Å². The van der Waals surface area contributed by atoms with Crippen LogP contribution in [-0.2, 0) is 13.1 Å². The Bertz CT molecular complexity index is 750. The summed E-state index contributed by atoms with van der Waals surface area (Å²) in [6, 6.07) is 8.23. The van der Waals surface area contributed by atoms with Gasteiger partial charge in [-0.15, -0.1) is 6.58 Å². The number of imidazole rings is 1. The maximum Gasteiger partial charge on any atom is 0.124 e. The van der Waals surface area contributed by atoms with Gasteiger partial charge in [0.2, 0.25) is 0 Å². The largest absolute Gasteiger partial charge is 0.341 e. The number of H-pyrrole nitrogens is 1. The summed E-state index contributed by atoms with van der Waals surface area (Å²) in [5.41, 5.74) is 4.32. The minimum absolute atomic E-state index is 0.148. The highest BCUT2D eigenvalue weighted by atomic mass is 15.3. The molecule has 1 atom stereocenters. The van der Waals surface area contributed by atoms with Gasteiger partial charge in [0.25, 0.3) is 0 Å². The predicted octanol–water partition coefficient (Wildman–Crippen LogP) is 3.10. The zero-order chi connectivity index (χ0) is 15.5. The number of allylic oxidation sites excluding steroid dienone is 1. The van der Waals surface area contributed by atoms with E-state index >= 15 is 0 Å². The Labute approximate surface area is 130 Å². The van der Waals surface area contributed by atoms with Gasteiger partial charge in [-0.05, 0) is 26.0 Å². The third-order valence-electron chi connectivity index (χ3n) is 3.78. The van der Waals surface area contributed by atoms with Crippen molar-refractivity contribution in [3.63, 3.8) is 0 Å². The van der Waals surface area contributed by atoms with Crippen LogP contribution in [0.5, 0.6) is 0 Å². The predicted molar refractivity (Wildman–Crippen MR) is 88.5 cm³/mol. The first-order valence-corrected chi connectivity index (χ1v) is 7.49. The van der Waals surface area contributed by atoms with E-state index in [-0.39, 0.29) is 6.04 Å². The van der Waals surface area contributed by atoms with Crippen molar-refractivity contribution in [1.29, 1.82) is 0 Å². The summed E-state index contributed by atoms with van der Waals surface area (Å²) in [5, 5.41) is 7.97. The molecule has 0 radical (unpaired) electrons. The number of aromatic amines is 1. The van der Waals surface area contributed by atoms with E-state index in [1.165, 1.54) is 5.56 Å². The molecule has 0 aliphatic rings. The number of hydrogen-bond acceptors (Lipinski definition) is 3. The van der Waals surface area contributed by atoms with Gasteiger partial charge < -0.3 is 10.3 Å². The van der Waals surface area contributed by atoms with Crippen LogP contribution in [0.3, 0.4) is 0 Å². The van der Waals surface area contributed by atoms with Crippen LogP contribution in [0.2, 0.25) is 0 Å². The van der Waals surface area contributed by atoms with Gasteiger partial charge in [0, 0.05) is 18.3 Å². The smallest absolute Gasteiger partial charge is 0.124 e. The molecule has 114 valence electrons. The van der Waals surface area contributed by atoms with Crippen molar-refractivity contribution in [3.8, 4) is 0 Å². The van der Waals surface area contributed by atoms with Crippen LogP contribution in [0.15, 0.2) is 43.1 Å². The van der Waals surface area contributed by atoms with E-state index in [0.717, 1.165) is 35.6 Å². The Morgan fingerprint density at radius 2 is 2.23 bits per heavy atom. The van der Waals surface area contributed by atoms with Crippen LogP contribution in [0.1, 0.15) is 30.0 Å². The van der Waals surface area contributed by atoms with E-state index in [1.54, 1.807) is 0 Å². The second-order valence-corrected chi connectivity index (χ2v) is 5.49. The summed E-state index contributed by atoms with van der Waals surface area (Å²) in [6.45, 7) is 9.38. The lowest BCUT2D eigenvalue weighted by Crippen LogP contribution is -2.19. The highest BCUT2D eigenvalue weighted by Gasteiger charge is 2.11. The first-order valence-electron chi connectivity index (χ1n) is 7.49. The lowest BCUT2D eigenvalue weighted by molar-refractivity contribution is 0.551. The number of fused-ring (bicyclic) bond motifs is 1. The monoisotopic (exact) mass is 295 g/mol. The number of rotatable bonds is 6. The van der Waals surface area contributed by atoms with Crippen molar-refractivity contribution in [2.45, 2.75) is 33.0 Å². The molecule has 0 saturated carbocycles. The molecule has 2 aromatic heterocycles. The van der Waals surface area contributed by atoms with Crippen molar-refractivity contribution in [2.75, 3.05) is 0 Å². The molecule has 0 spiro atoms. The van der Waals surface area contributed by atoms with Crippen molar-refractivity contribution >= 4 is 11.0 Å². The van der Waals surface area contributed by atoms with E-state index in [2.05, 4.69) is 40.1 Å². The standard InChI is InChI=1S/C17H21N5/c1-4-9-22-11-14(12(2)21-22)10-18-13(3)17-19-15-7-5-6-8-16(15)20-17/h4-8,11,13,18H,1,9-10H2,2-3H3,(H,19,20)/t13-/m1/s1. The quantitative estimate of drug-likeness (QED) is 0.687. The SMILES string of the molecule is C=CCn1cc(CN[C@H](C)c2nc3ccccc3[nH]2)c(C)n1. The van der Waals surface area contributed by atoms with Crippen molar-refractivity contribution in [3.05, 3.63) is 60.2 Å². The normalized spacial score (nSPS) is 12.6. The zero-order valence-electron chi connectivity index (χ0n) is 13.0. The Morgan fingerprint density at radius 3 is 3.00 bits per heavy atom. The van der Waals surface area contributed by atoms with Gasteiger partial charge in [0.15, 0.2) is 0 Å². The summed E-state index contributed by atoms with van der Waals surface area (Å²) in [5.74, 6) is 0.956. The molecule has 22 heavy (non-hydrogen) atoms. The van der Waals surface area contributed by atoms with E-state index in [4.69, 9.17) is 0 Å². The maximum absolute atomic E-state index is 4.63. The minimum Gasteiger partial charge on any atom is -0.341 e. The topological polar surface area (TPSA) is 58.5 Å². The highest BCUT2D eigenvalue weighted by molar-refractivity contribution is 5.74. The molecule has 3 rings (SSSR count). The minimum atomic E-state index is 0.148. The fourth-order valence-electron chi connectivity index (χ4n) is 2.50. The number of aryl methyl sites for hydroxylation is 1. The average Bonchev–Trinajstić information content (AvgIpc) is 3.08. The fraction of sp³-hybridized carbons (Fsp3) is 0.294. The number of nitrogens with one attached hydrogen (secondary N) is 2. The fourth-order valence-corrected chi connectivity index (χ4v) is 2.50. The molecular formula is C17H21N5. The highest BCUT2D eigenvalue weighted by Crippen LogP contribution is 2.16. The van der Waals surface area contributed by atoms with Crippen LogP contribution in [0.25, 0.3) is 11.0 Å². The van der Waals surface area contributed by atoms with Gasteiger partial charge in [0.1, 0.15) is 5.82 Å². The molecular weight excluding hydrogens is 274 g/mol. The average molecular weight is 295 g/mol. The maximum atomic E-state index is 4.63. The lowest BCUT2D eigenvalue weighted by atomic mass is 10.2. The van der Waals surface area contributed by atoms with E-state index in [0.29, 0.717) is 0 Å². The Balaban J connectivity index is 1.69. The Kier molecular flexibility index (Phi) is 4.06. The number of para-hydroxylation sites is 2. The third kappa shape index (κ3) is 2.94. The number of aromatic nitrogens is 4. The van der Waals surface area contributed by atoms with E-state index < -0.39 is 0 Å². The van der Waals surface area contributed by atoms with Crippen LogP contribution in [0, 0.1) is 6.92 Å². The molecule has 2 N–H and O–H groups in total. The number of hydrogen-bond donors (Lipinski definition) is 2. The number of nitrogens with zero attached hydrogens (tertiary/aromatic N) is 3. The summed E-state index contributed by atoms with van der Waals surface area (Å²) < 4.78 is 1.91. The molecule has 0 saturated heterocycles. The molecule has 1 aromatic carbocycles. The Morgan fingerprint density at radius 1 is 1.41 bits per heavy atom. The van der Waals surface area contributed by atoms with Gasteiger partial charge in [-0.1, -0.05) is 18.2 Å². The summed E-state index contributed by atoms with van der Waals surface area (Å²) in [7, 11) is 0. The van der Waals surface area contributed by atoms with Crippen molar-refractivity contribution in [2.24, 2.45) is 0 Å².